The number of aromatic nitrogens is 2. The number of nitro benzene ring substituents is 1. The molecule has 1 N–H and O–H groups in total. The first-order valence-corrected chi connectivity index (χ1v) is 7.60. The van der Waals surface area contributed by atoms with Crippen molar-refractivity contribution in [2.75, 3.05) is 6.61 Å². The number of nitro groups is 1. The number of carbonyl (C=O) groups excluding carboxylic acids is 1. The Bertz CT molecular complexity index is 918. The SMILES string of the molecule is Cc1cccc2nc(CNC(=O)COc3ccc([N+](=O)[O-])cc3)cn12. The number of nitrogens with one attached hydrogen (secondary N) is 1. The molecule has 0 bridgehead atoms. The number of pyridine rings is 1. The molecule has 0 saturated carbocycles. The molecule has 3 rings (SSSR count). The summed E-state index contributed by atoms with van der Waals surface area (Å²) in [6.45, 7) is 2.10. The molecule has 1 amide bonds. The molecule has 0 aliphatic heterocycles. The zero-order valence-electron chi connectivity index (χ0n) is 13.5. The molecule has 8 heteroatoms. The molecule has 1 aromatic carbocycles. The second-order valence-electron chi connectivity index (χ2n) is 5.44. The lowest BCUT2D eigenvalue weighted by Crippen LogP contribution is -2.28. The molecule has 2 aromatic heterocycles. The van der Waals surface area contributed by atoms with Gasteiger partial charge in [0.15, 0.2) is 6.61 Å². The summed E-state index contributed by atoms with van der Waals surface area (Å²) in [6.07, 6.45) is 1.88. The maximum absolute atomic E-state index is 11.9. The highest BCUT2D eigenvalue weighted by Crippen LogP contribution is 2.17. The molecule has 0 aliphatic carbocycles. The van der Waals surface area contributed by atoms with Crippen molar-refractivity contribution >= 4 is 17.2 Å². The van der Waals surface area contributed by atoms with Crippen LogP contribution in [0.2, 0.25) is 0 Å². The minimum Gasteiger partial charge on any atom is -0.484 e. The molecular weight excluding hydrogens is 324 g/mol. The zero-order chi connectivity index (χ0) is 17.8. The van der Waals surface area contributed by atoms with Crippen LogP contribution in [0, 0.1) is 17.0 Å². The lowest BCUT2D eigenvalue weighted by molar-refractivity contribution is -0.384. The van der Waals surface area contributed by atoms with Crippen LogP contribution in [0.5, 0.6) is 5.75 Å². The topological polar surface area (TPSA) is 98.8 Å². The van der Waals surface area contributed by atoms with Gasteiger partial charge in [0.25, 0.3) is 11.6 Å². The van der Waals surface area contributed by atoms with Crippen LogP contribution in [-0.2, 0) is 11.3 Å². The Morgan fingerprint density at radius 2 is 2.04 bits per heavy atom. The van der Waals surface area contributed by atoms with Gasteiger partial charge >= 0.3 is 0 Å². The monoisotopic (exact) mass is 340 g/mol. The Hall–Kier alpha value is -3.42. The van der Waals surface area contributed by atoms with Crippen molar-refractivity contribution in [1.82, 2.24) is 14.7 Å². The predicted octanol–water partition coefficient (Wildman–Crippen LogP) is 2.25. The molecule has 25 heavy (non-hydrogen) atoms. The number of benzene rings is 1. The molecule has 0 fully saturated rings. The Morgan fingerprint density at radius 1 is 1.28 bits per heavy atom. The van der Waals surface area contributed by atoms with Crippen LogP contribution in [0.1, 0.15) is 11.4 Å². The third-order valence-electron chi connectivity index (χ3n) is 3.63. The van der Waals surface area contributed by atoms with E-state index in [1.807, 2.05) is 35.7 Å². The number of non-ortho nitro benzene ring substituents is 1. The van der Waals surface area contributed by atoms with E-state index in [1.54, 1.807) is 0 Å². The average molecular weight is 340 g/mol. The lowest BCUT2D eigenvalue weighted by atomic mass is 10.3. The summed E-state index contributed by atoms with van der Waals surface area (Å²) in [5, 5.41) is 13.3. The van der Waals surface area contributed by atoms with Crippen molar-refractivity contribution < 1.29 is 14.5 Å². The van der Waals surface area contributed by atoms with Gasteiger partial charge in [-0.1, -0.05) is 6.07 Å². The molecule has 0 unspecified atom stereocenters. The third-order valence-corrected chi connectivity index (χ3v) is 3.63. The van der Waals surface area contributed by atoms with Gasteiger partial charge < -0.3 is 14.5 Å². The van der Waals surface area contributed by atoms with Gasteiger partial charge in [-0.05, 0) is 31.2 Å². The highest BCUT2D eigenvalue weighted by molar-refractivity contribution is 5.77. The van der Waals surface area contributed by atoms with Crippen molar-refractivity contribution in [3.05, 3.63) is 70.2 Å². The van der Waals surface area contributed by atoms with Crippen molar-refractivity contribution in [3.63, 3.8) is 0 Å². The van der Waals surface area contributed by atoms with Crippen LogP contribution in [0.25, 0.3) is 5.65 Å². The van der Waals surface area contributed by atoms with Gasteiger partial charge in [0.2, 0.25) is 0 Å². The molecule has 3 aromatic rings. The lowest BCUT2D eigenvalue weighted by Gasteiger charge is -2.06. The number of carbonyl (C=O) groups is 1. The standard InChI is InChI=1S/C17H16N4O4/c1-12-3-2-4-16-19-13(10-20(12)16)9-18-17(22)11-25-15-7-5-14(6-8-15)21(23)24/h2-8,10H,9,11H2,1H3,(H,18,22). The van der Waals surface area contributed by atoms with E-state index in [0.29, 0.717) is 12.3 Å². The summed E-state index contributed by atoms with van der Waals surface area (Å²) in [4.78, 5) is 26.4. The number of aryl methyl sites for hydroxylation is 1. The first-order chi connectivity index (χ1) is 12.0. The van der Waals surface area contributed by atoms with Crippen LogP contribution >= 0.6 is 0 Å². The van der Waals surface area contributed by atoms with E-state index >= 15 is 0 Å². The fourth-order valence-corrected chi connectivity index (χ4v) is 2.34. The van der Waals surface area contributed by atoms with Crippen molar-refractivity contribution in [2.24, 2.45) is 0 Å². The van der Waals surface area contributed by atoms with Crippen molar-refractivity contribution in [2.45, 2.75) is 13.5 Å². The Morgan fingerprint density at radius 3 is 2.72 bits per heavy atom. The number of hydrogen-bond acceptors (Lipinski definition) is 5. The van der Waals surface area contributed by atoms with Gasteiger partial charge in [-0.3, -0.25) is 14.9 Å². The molecule has 128 valence electrons. The second kappa shape index (κ2) is 7.00. The minimum absolute atomic E-state index is 0.0288. The predicted molar refractivity (Wildman–Crippen MR) is 90.4 cm³/mol. The molecule has 0 saturated heterocycles. The fourth-order valence-electron chi connectivity index (χ4n) is 2.34. The van der Waals surface area contributed by atoms with E-state index in [4.69, 9.17) is 4.74 Å². The summed E-state index contributed by atoms with van der Waals surface area (Å²) in [7, 11) is 0. The van der Waals surface area contributed by atoms with E-state index in [9.17, 15) is 14.9 Å². The van der Waals surface area contributed by atoms with E-state index in [-0.39, 0.29) is 18.2 Å². The second-order valence-corrected chi connectivity index (χ2v) is 5.44. The van der Waals surface area contributed by atoms with Gasteiger partial charge in [-0.2, -0.15) is 0 Å². The van der Waals surface area contributed by atoms with Crippen molar-refractivity contribution in [1.29, 1.82) is 0 Å². The summed E-state index contributed by atoms with van der Waals surface area (Å²) < 4.78 is 7.26. The van der Waals surface area contributed by atoms with Gasteiger partial charge in [-0.15, -0.1) is 0 Å². The summed E-state index contributed by atoms with van der Waals surface area (Å²) >= 11 is 0. The molecule has 0 atom stereocenters. The number of ether oxygens (including phenoxy) is 1. The van der Waals surface area contributed by atoms with Crippen LogP contribution in [0.3, 0.4) is 0 Å². The first-order valence-electron chi connectivity index (χ1n) is 7.60. The molecule has 0 aliphatic rings. The molecule has 8 nitrogen and oxygen atoms in total. The number of fused-ring (bicyclic) bond motifs is 1. The zero-order valence-corrected chi connectivity index (χ0v) is 13.5. The molecule has 0 spiro atoms. The highest BCUT2D eigenvalue weighted by Gasteiger charge is 2.08. The van der Waals surface area contributed by atoms with Crippen LogP contribution < -0.4 is 10.1 Å². The van der Waals surface area contributed by atoms with Gasteiger partial charge in [0.1, 0.15) is 11.4 Å². The summed E-state index contributed by atoms with van der Waals surface area (Å²) in [5.74, 6) is 0.0937. The maximum atomic E-state index is 11.9. The molecular formula is C17H16N4O4. The van der Waals surface area contributed by atoms with Gasteiger partial charge in [-0.25, -0.2) is 4.98 Å². The van der Waals surface area contributed by atoms with Crippen LogP contribution in [-0.4, -0.2) is 26.8 Å². The number of amides is 1. The van der Waals surface area contributed by atoms with Crippen LogP contribution in [0.15, 0.2) is 48.7 Å². The largest absolute Gasteiger partial charge is 0.484 e. The van der Waals surface area contributed by atoms with Gasteiger partial charge in [0.05, 0.1) is 17.2 Å². The third kappa shape index (κ3) is 3.92. The van der Waals surface area contributed by atoms with Crippen molar-refractivity contribution in [3.8, 4) is 5.75 Å². The number of hydrogen-bond donors (Lipinski definition) is 1. The smallest absolute Gasteiger partial charge is 0.269 e. The quantitative estimate of drug-likeness (QED) is 0.548. The van der Waals surface area contributed by atoms with Gasteiger partial charge in [0, 0.05) is 24.0 Å². The maximum Gasteiger partial charge on any atom is 0.269 e. The summed E-state index contributed by atoms with van der Waals surface area (Å²) in [6, 6.07) is 11.4. The normalized spacial score (nSPS) is 10.6. The molecule has 2 heterocycles. The minimum atomic E-state index is -0.493. The Kier molecular flexibility index (Phi) is 4.60. The van der Waals surface area contributed by atoms with Crippen LogP contribution in [0.4, 0.5) is 5.69 Å². The highest BCUT2D eigenvalue weighted by atomic mass is 16.6. The number of imidazole rings is 1. The Labute approximate surface area is 143 Å². The van der Waals surface area contributed by atoms with E-state index in [2.05, 4.69) is 10.3 Å². The average Bonchev–Trinajstić information content (AvgIpc) is 3.03. The Balaban J connectivity index is 1.52. The number of nitrogens with zero attached hydrogens (tertiary/aromatic N) is 3. The van der Waals surface area contributed by atoms with E-state index < -0.39 is 4.92 Å². The van der Waals surface area contributed by atoms with E-state index in [0.717, 1.165) is 17.0 Å². The summed E-state index contributed by atoms with van der Waals surface area (Å²) in [5.41, 5.74) is 2.60. The first kappa shape index (κ1) is 16.4. The fraction of sp³-hybridized carbons (Fsp3) is 0.176. The van der Waals surface area contributed by atoms with E-state index in [1.165, 1.54) is 24.3 Å². The molecule has 0 radical (unpaired) electrons. The number of rotatable bonds is 6.